The molecule has 0 aromatic heterocycles. The predicted molar refractivity (Wildman–Crippen MR) is 29.0 cm³/mol. The molecule has 0 heterocycles. The highest BCUT2D eigenvalue weighted by molar-refractivity contribution is 6.28. The van der Waals surface area contributed by atoms with Crippen LogP contribution in [0.5, 0.6) is 0 Å². The first-order valence-corrected chi connectivity index (χ1v) is 3.00. The fourth-order valence-corrected chi connectivity index (χ4v) is 0.535. The van der Waals surface area contributed by atoms with E-state index in [1.54, 1.807) is 0 Å². The van der Waals surface area contributed by atoms with Crippen LogP contribution in [0.2, 0.25) is 0 Å². The first kappa shape index (κ1) is 13.3. The first-order chi connectivity index (χ1) is 5.98. The van der Waals surface area contributed by atoms with Gasteiger partial charge in [0, 0.05) is 0 Å². The van der Waals surface area contributed by atoms with Gasteiger partial charge in [-0.25, -0.2) is 0 Å². The van der Waals surface area contributed by atoms with E-state index >= 15 is 0 Å². The topological polar surface area (TPSA) is 3.24 Å². The van der Waals surface area contributed by atoms with Crippen molar-refractivity contribution in [1.29, 1.82) is 0 Å². The van der Waals surface area contributed by atoms with Crippen LogP contribution in [0.25, 0.3) is 0 Å². The SMILES string of the molecule is FC(Cl)=C(F)N(C(F)(F)F)C(F)(F)F. The monoisotopic (exact) mass is 249 g/mol. The minimum absolute atomic E-state index is 2.68. The van der Waals surface area contributed by atoms with Crippen LogP contribution in [0.1, 0.15) is 0 Å². The maximum absolute atomic E-state index is 12.0. The summed E-state index contributed by atoms with van der Waals surface area (Å²) in [6.07, 6.45) is -12.3. The van der Waals surface area contributed by atoms with Crippen molar-refractivity contribution < 1.29 is 35.1 Å². The van der Waals surface area contributed by atoms with Crippen molar-refractivity contribution in [2.45, 2.75) is 12.6 Å². The fourth-order valence-electron chi connectivity index (χ4n) is 0.451. The van der Waals surface area contributed by atoms with Crippen molar-refractivity contribution in [3.05, 3.63) is 11.2 Å². The van der Waals surface area contributed by atoms with Gasteiger partial charge in [0.25, 0.3) is 5.95 Å². The number of nitrogens with zero attached hydrogens (tertiary/aromatic N) is 1. The molecule has 84 valence electrons. The molecule has 0 amide bonds. The molecule has 0 aliphatic carbocycles. The molecule has 0 aliphatic rings. The Hall–Kier alpha value is -0.730. The van der Waals surface area contributed by atoms with Crippen LogP contribution in [-0.2, 0) is 0 Å². The number of hydrogen-bond donors (Lipinski definition) is 0. The van der Waals surface area contributed by atoms with Gasteiger partial charge < -0.3 is 0 Å². The maximum Gasteiger partial charge on any atom is 0.493 e. The normalized spacial score (nSPS) is 15.2. The zero-order chi connectivity index (χ0) is 11.7. The summed E-state index contributed by atoms with van der Waals surface area (Å²) in [5.74, 6) is -3.26. The van der Waals surface area contributed by atoms with Crippen LogP contribution in [-0.4, -0.2) is 17.5 Å². The minimum Gasteiger partial charge on any atom is -0.188 e. The van der Waals surface area contributed by atoms with E-state index in [9.17, 15) is 35.1 Å². The molecule has 0 saturated carbocycles. The number of alkyl halides is 6. The lowest BCUT2D eigenvalue weighted by Gasteiger charge is -2.26. The molecule has 0 N–H and O–H groups in total. The van der Waals surface area contributed by atoms with Crippen molar-refractivity contribution in [1.82, 2.24) is 4.90 Å². The Morgan fingerprint density at radius 2 is 1.14 bits per heavy atom. The summed E-state index contributed by atoms with van der Waals surface area (Å²) in [6.45, 7) is 0. The third-order valence-electron chi connectivity index (χ3n) is 0.859. The van der Waals surface area contributed by atoms with E-state index in [0.29, 0.717) is 0 Å². The van der Waals surface area contributed by atoms with E-state index in [0.717, 1.165) is 0 Å². The Morgan fingerprint density at radius 3 is 1.21 bits per heavy atom. The molecule has 0 saturated heterocycles. The molecular weight excluding hydrogens is 249 g/mol. The zero-order valence-corrected chi connectivity index (χ0v) is 6.60. The average Bonchev–Trinajstić information content (AvgIpc) is 1.79. The lowest BCUT2D eigenvalue weighted by molar-refractivity contribution is -0.365. The first-order valence-electron chi connectivity index (χ1n) is 2.62. The second-order valence-corrected chi connectivity index (χ2v) is 2.15. The molecule has 14 heavy (non-hydrogen) atoms. The van der Waals surface area contributed by atoms with E-state index in [-0.39, 0.29) is 0 Å². The number of halogens is 9. The summed E-state index contributed by atoms with van der Waals surface area (Å²) < 4.78 is 92.9. The second-order valence-electron chi connectivity index (χ2n) is 1.82. The van der Waals surface area contributed by atoms with Gasteiger partial charge in [0.1, 0.15) is 0 Å². The predicted octanol–water partition coefficient (Wildman–Crippen LogP) is 3.63. The highest BCUT2D eigenvalue weighted by Gasteiger charge is 2.56. The summed E-state index contributed by atoms with van der Waals surface area (Å²) in [6, 6.07) is 0. The van der Waals surface area contributed by atoms with Gasteiger partial charge in [-0.05, 0) is 11.6 Å². The molecular formula is C4ClF8N. The summed E-state index contributed by atoms with van der Waals surface area (Å²) in [5.41, 5.74) is 0. The van der Waals surface area contributed by atoms with Crippen LogP contribution < -0.4 is 0 Å². The molecule has 0 radical (unpaired) electrons. The van der Waals surface area contributed by atoms with Gasteiger partial charge in [-0.15, -0.1) is 26.3 Å². The molecule has 0 spiro atoms. The van der Waals surface area contributed by atoms with E-state index in [2.05, 4.69) is 11.6 Å². The molecule has 0 bridgehead atoms. The van der Waals surface area contributed by atoms with Crippen molar-refractivity contribution in [3.8, 4) is 0 Å². The van der Waals surface area contributed by atoms with Crippen LogP contribution in [0.15, 0.2) is 11.2 Å². The minimum atomic E-state index is -6.14. The van der Waals surface area contributed by atoms with Crippen molar-refractivity contribution in [2.24, 2.45) is 0 Å². The Bertz CT molecular complexity index is 221. The highest BCUT2D eigenvalue weighted by atomic mass is 35.5. The zero-order valence-electron chi connectivity index (χ0n) is 5.85. The molecule has 0 unspecified atom stereocenters. The Kier molecular flexibility index (Phi) is 3.60. The molecule has 10 heteroatoms. The maximum atomic E-state index is 12.0. The van der Waals surface area contributed by atoms with Gasteiger partial charge in [0.05, 0.1) is 0 Å². The Labute approximate surface area is 76.5 Å². The summed E-state index contributed by atoms with van der Waals surface area (Å²) >= 11 is 4.03. The van der Waals surface area contributed by atoms with Crippen molar-refractivity contribution in [3.63, 3.8) is 0 Å². The van der Waals surface area contributed by atoms with E-state index in [1.807, 2.05) is 0 Å². The molecule has 0 fully saturated rings. The quantitative estimate of drug-likeness (QED) is 0.507. The molecule has 0 aromatic carbocycles. The summed E-state index contributed by atoms with van der Waals surface area (Å²) in [4.78, 5) is -2.68. The van der Waals surface area contributed by atoms with Gasteiger partial charge in [-0.2, -0.15) is 13.7 Å². The van der Waals surface area contributed by atoms with E-state index in [4.69, 9.17) is 0 Å². The third-order valence-corrected chi connectivity index (χ3v) is 1.02. The smallest absolute Gasteiger partial charge is 0.188 e. The van der Waals surface area contributed by atoms with Gasteiger partial charge in [-0.1, -0.05) is 0 Å². The molecule has 0 aromatic rings. The number of rotatable bonds is 1. The number of hydrogen-bond acceptors (Lipinski definition) is 1. The average molecular weight is 249 g/mol. The molecule has 0 rings (SSSR count). The van der Waals surface area contributed by atoms with Gasteiger partial charge >= 0.3 is 12.6 Å². The molecule has 0 atom stereocenters. The lowest BCUT2D eigenvalue weighted by Crippen LogP contribution is -2.46. The highest BCUT2D eigenvalue weighted by Crippen LogP contribution is 2.39. The van der Waals surface area contributed by atoms with Gasteiger partial charge in [0.15, 0.2) is 0 Å². The van der Waals surface area contributed by atoms with Crippen molar-refractivity contribution >= 4 is 11.6 Å². The van der Waals surface area contributed by atoms with E-state index < -0.39 is 28.7 Å². The summed E-state index contributed by atoms with van der Waals surface area (Å²) in [5, 5.41) is -2.74. The van der Waals surface area contributed by atoms with Crippen LogP contribution in [0.4, 0.5) is 35.1 Å². The van der Waals surface area contributed by atoms with Crippen LogP contribution in [0, 0.1) is 0 Å². The van der Waals surface area contributed by atoms with Crippen LogP contribution in [0.3, 0.4) is 0 Å². The third kappa shape index (κ3) is 3.20. The molecule has 1 nitrogen and oxygen atoms in total. The van der Waals surface area contributed by atoms with Gasteiger partial charge in [0.2, 0.25) is 5.29 Å². The lowest BCUT2D eigenvalue weighted by atomic mass is 10.7. The van der Waals surface area contributed by atoms with Crippen LogP contribution >= 0.6 is 11.6 Å². The fraction of sp³-hybridized carbons (Fsp3) is 0.500. The second kappa shape index (κ2) is 3.79. The van der Waals surface area contributed by atoms with Crippen molar-refractivity contribution in [2.75, 3.05) is 0 Å². The van der Waals surface area contributed by atoms with E-state index in [1.165, 1.54) is 0 Å². The Balaban J connectivity index is 5.27. The standard InChI is InChI=1S/C4ClF8N/c5-1(6)2(7)14(3(8,9)10)4(11,12)13. The largest absolute Gasteiger partial charge is 0.493 e. The Morgan fingerprint density at radius 1 is 0.857 bits per heavy atom. The summed E-state index contributed by atoms with van der Waals surface area (Å²) in [7, 11) is 0. The van der Waals surface area contributed by atoms with Gasteiger partial charge in [-0.3, -0.25) is 0 Å². The molecule has 0 aliphatic heterocycles.